The van der Waals surface area contributed by atoms with E-state index in [2.05, 4.69) is 49.2 Å². The third kappa shape index (κ3) is 4.13. The van der Waals surface area contributed by atoms with E-state index in [4.69, 9.17) is 0 Å². The van der Waals surface area contributed by atoms with Crippen LogP contribution in [0.1, 0.15) is 30.9 Å². The zero-order valence-electron chi connectivity index (χ0n) is 11.8. The molecule has 1 heterocycles. The highest BCUT2D eigenvalue weighted by atomic mass is 14.9. The van der Waals surface area contributed by atoms with Crippen LogP contribution in [0.5, 0.6) is 0 Å². The Morgan fingerprint density at radius 2 is 2.26 bits per heavy atom. The highest BCUT2D eigenvalue weighted by Gasteiger charge is 2.06. The summed E-state index contributed by atoms with van der Waals surface area (Å²) in [6.07, 6.45) is 13.0. The molecule has 0 amide bonds. The molecular formula is C18H23N. The number of aryl methyl sites for hydroxylation is 1. The summed E-state index contributed by atoms with van der Waals surface area (Å²) < 4.78 is 0. The van der Waals surface area contributed by atoms with Gasteiger partial charge in [-0.05, 0) is 49.8 Å². The van der Waals surface area contributed by atoms with Gasteiger partial charge in [0.05, 0.1) is 0 Å². The van der Waals surface area contributed by atoms with E-state index in [0.29, 0.717) is 0 Å². The number of allylic oxidation sites excluding steroid dienone is 5. The second kappa shape index (κ2) is 6.98. The monoisotopic (exact) mass is 253 g/mol. The highest BCUT2D eigenvalue weighted by Crippen LogP contribution is 2.23. The number of rotatable bonds is 4. The van der Waals surface area contributed by atoms with Crippen LogP contribution in [0.15, 0.2) is 54.7 Å². The topological polar surface area (TPSA) is 12.0 Å². The number of nitrogens with one attached hydrogen (secondary N) is 1. The molecule has 0 aliphatic carbocycles. The lowest BCUT2D eigenvalue weighted by Crippen LogP contribution is -1.99. The van der Waals surface area contributed by atoms with Gasteiger partial charge in [-0.1, -0.05) is 48.6 Å². The molecule has 1 aromatic carbocycles. The van der Waals surface area contributed by atoms with Crippen molar-refractivity contribution in [3.8, 4) is 0 Å². The Kier molecular flexibility index (Phi) is 5.02. The van der Waals surface area contributed by atoms with E-state index in [1.807, 2.05) is 12.2 Å². The summed E-state index contributed by atoms with van der Waals surface area (Å²) in [6.45, 7) is 6.91. The minimum atomic E-state index is 0.996. The number of hydrogen-bond donors (Lipinski definition) is 1. The largest absolute Gasteiger partial charge is 0.385 e. The van der Waals surface area contributed by atoms with Crippen LogP contribution in [0.25, 0.3) is 0 Å². The number of benzene rings is 1. The van der Waals surface area contributed by atoms with Crippen molar-refractivity contribution in [3.63, 3.8) is 0 Å². The van der Waals surface area contributed by atoms with Crippen LogP contribution in [0.2, 0.25) is 0 Å². The summed E-state index contributed by atoms with van der Waals surface area (Å²) in [4.78, 5) is 0. The quantitative estimate of drug-likeness (QED) is 0.769. The standard InChI is InChI=1S/C18H23N/c1-3-7-15(2)8-6-9-16-11-12-18-17(14-16)10-4-5-13-19-18/h3,6-8,11-12,14,19H,1,4-5,9-10,13H2,2H3. The fourth-order valence-electron chi connectivity index (χ4n) is 2.44. The lowest BCUT2D eigenvalue weighted by molar-refractivity contribution is 0.785. The van der Waals surface area contributed by atoms with Gasteiger partial charge in [-0.3, -0.25) is 0 Å². The van der Waals surface area contributed by atoms with Gasteiger partial charge in [0, 0.05) is 12.2 Å². The fourth-order valence-corrected chi connectivity index (χ4v) is 2.44. The molecule has 1 N–H and O–H groups in total. The van der Waals surface area contributed by atoms with Gasteiger partial charge in [-0.25, -0.2) is 0 Å². The summed E-state index contributed by atoms with van der Waals surface area (Å²) >= 11 is 0. The predicted octanol–water partition coefficient (Wildman–Crippen LogP) is 4.67. The van der Waals surface area contributed by atoms with Crippen molar-refractivity contribution in [2.75, 3.05) is 11.9 Å². The molecule has 19 heavy (non-hydrogen) atoms. The Hall–Kier alpha value is -1.76. The molecule has 0 aromatic heterocycles. The van der Waals surface area contributed by atoms with E-state index in [-0.39, 0.29) is 0 Å². The van der Waals surface area contributed by atoms with Crippen molar-refractivity contribution >= 4 is 5.69 Å². The Morgan fingerprint density at radius 1 is 1.37 bits per heavy atom. The van der Waals surface area contributed by atoms with E-state index < -0.39 is 0 Å². The van der Waals surface area contributed by atoms with Gasteiger partial charge in [0.25, 0.3) is 0 Å². The molecule has 1 aliphatic rings. The van der Waals surface area contributed by atoms with Crippen LogP contribution in [0.3, 0.4) is 0 Å². The van der Waals surface area contributed by atoms with Crippen molar-refractivity contribution in [3.05, 3.63) is 65.8 Å². The Morgan fingerprint density at radius 3 is 3.11 bits per heavy atom. The molecule has 1 aromatic rings. The normalized spacial score (nSPS) is 15.7. The van der Waals surface area contributed by atoms with Crippen LogP contribution in [0.4, 0.5) is 5.69 Å². The third-order valence-electron chi connectivity index (χ3n) is 3.47. The molecule has 0 fully saturated rings. The molecular weight excluding hydrogens is 230 g/mol. The van der Waals surface area contributed by atoms with Gasteiger partial charge >= 0.3 is 0 Å². The Labute approximate surface area is 116 Å². The van der Waals surface area contributed by atoms with Crippen molar-refractivity contribution < 1.29 is 0 Å². The molecule has 100 valence electrons. The maximum atomic E-state index is 3.71. The van der Waals surface area contributed by atoms with Gasteiger partial charge in [-0.2, -0.15) is 0 Å². The van der Waals surface area contributed by atoms with Gasteiger partial charge in [0.15, 0.2) is 0 Å². The number of fused-ring (bicyclic) bond motifs is 1. The molecule has 0 unspecified atom stereocenters. The molecule has 0 radical (unpaired) electrons. The highest BCUT2D eigenvalue weighted by molar-refractivity contribution is 5.53. The Balaban J connectivity index is 2.04. The van der Waals surface area contributed by atoms with E-state index in [1.165, 1.54) is 41.6 Å². The second-order valence-corrected chi connectivity index (χ2v) is 5.13. The van der Waals surface area contributed by atoms with Gasteiger partial charge in [0.2, 0.25) is 0 Å². The first-order chi connectivity index (χ1) is 9.29. The van der Waals surface area contributed by atoms with Crippen LogP contribution < -0.4 is 5.32 Å². The zero-order chi connectivity index (χ0) is 13.5. The van der Waals surface area contributed by atoms with Crippen LogP contribution >= 0.6 is 0 Å². The summed E-state index contributed by atoms with van der Waals surface area (Å²) in [6, 6.07) is 6.81. The van der Waals surface area contributed by atoms with Crippen LogP contribution in [-0.4, -0.2) is 6.54 Å². The summed E-state index contributed by atoms with van der Waals surface area (Å²) in [5.74, 6) is 0. The fraction of sp³-hybridized carbons (Fsp3) is 0.333. The van der Waals surface area contributed by atoms with E-state index in [0.717, 1.165) is 13.0 Å². The molecule has 0 saturated heterocycles. The summed E-state index contributed by atoms with van der Waals surface area (Å²) in [7, 11) is 0. The van der Waals surface area contributed by atoms with Gasteiger partial charge in [-0.15, -0.1) is 0 Å². The molecule has 0 atom stereocenters. The van der Waals surface area contributed by atoms with Gasteiger partial charge < -0.3 is 5.32 Å². The average molecular weight is 253 g/mol. The minimum Gasteiger partial charge on any atom is -0.385 e. The first-order valence-corrected chi connectivity index (χ1v) is 7.11. The van der Waals surface area contributed by atoms with E-state index >= 15 is 0 Å². The molecule has 2 rings (SSSR count). The predicted molar refractivity (Wildman–Crippen MR) is 84.7 cm³/mol. The van der Waals surface area contributed by atoms with Crippen molar-refractivity contribution in [1.29, 1.82) is 0 Å². The van der Waals surface area contributed by atoms with E-state index in [9.17, 15) is 0 Å². The van der Waals surface area contributed by atoms with Crippen molar-refractivity contribution in [2.24, 2.45) is 0 Å². The molecule has 0 bridgehead atoms. The smallest absolute Gasteiger partial charge is 0.0372 e. The van der Waals surface area contributed by atoms with Crippen LogP contribution in [0, 0.1) is 0 Å². The third-order valence-corrected chi connectivity index (χ3v) is 3.47. The second-order valence-electron chi connectivity index (χ2n) is 5.13. The molecule has 0 spiro atoms. The maximum Gasteiger partial charge on any atom is 0.0372 e. The van der Waals surface area contributed by atoms with E-state index in [1.54, 1.807) is 0 Å². The summed E-state index contributed by atoms with van der Waals surface area (Å²) in [5, 5.41) is 3.51. The minimum absolute atomic E-state index is 0.996. The zero-order valence-corrected chi connectivity index (χ0v) is 11.8. The van der Waals surface area contributed by atoms with Gasteiger partial charge in [0.1, 0.15) is 0 Å². The lowest BCUT2D eigenvalue weighted by atomic mass is 10.0. The molecule has 1 heteroatoms. The maximum absolute atomic E-state index is 3.71. The number of hydrogen-bond acceptors (Lipinski definition) is 1. The number of anilines is 1. The van der Waals surface area contributed by atoms with Crippen molar-refractivity contribution in [1.82, 2.24) is 0 Å². The molecule has 1 aliphatic heterocycles. The van der Waals surface area contributed by atoms with Crippen LogP contribution in [-0.2, 0) is 12.8 Å². The summed E-state index contributed by atoms with van der Waals surface area (Å²) in [5.41, 5.74) is 5.44. The first-order valence-electron chi connectivity index (χ1n) is 7.11. The Bertz CT molecular complexity index is 494. The molecule has 0 saturated carbocycles. The average Bonchev–Trinajstić information content (AvgIpc) is 2.63. The lowest BCUT2D eigenvalue weighted by Gasteiger charge is -2.08. The van der Waals surface area contributed by atoms with Crippen molar-refractivity contribution in [2.45, 2.75) is 32.6 Å². The first kappa shape index (κ1) is 13.7. The molecule has 1 nitrogen and oxygen atoms in total. The SMILES string of the molecule is C=CC=C(C)C=CCc1ccc2c(c1)CCCCN2.